The van der Waals surface area contributed by atoms with Crippen LogP contribution >= 0.6 is 0 Å². The molecule has 0 amide bonds. The number of ether oxygens (including phenoxy) is 2. The van der Waals surface area contributed by atoms with Crippen LogP contribution in [0.2, 0.25) is 0 Å². The van der Waals surface area contributed by atoms with Gasteiger partial charge in [0.15, 0.2) is 11.5 Å². The third-order valence-electron chi connectivity index (χ3n) is 2.98. The zero-order chi connectivity index (χ0) is 14.5. The summed E-state index contributed by atoms with van der Waals surface area (Å²) >= 11 is 0. The van der Waals surface area contributed by atoms with E-state index < -0.39 is 5.92 Å². The molecule has 1 rings (SSSR count). The van der Waals surface area contributed by atoms with Crippen molar-refractivity contribution in [2.24, 2.45) is 5.73 Å². The number of hydrogen-bond acceptors (Lipinski definition) is 3. The van der Waals surface area contributed by atoms with Crippen LogP contribution in [0.25, 0.3) is 0 Å². The summed E-state index contributed by atoms with van der Waals surface area (Å²) in [6.07, 6.45) is 2.13. The molecule has 108 valence electrons. The van der Waals surface area contributed by atoms with Crippen LogP contribution < -0.4 is 15.2 Å². The maximum Gasteiger partial charge on any atom is 0.270 e. The lowest BCUT2D eigenvalue weighted by Gasteiger charge is -2.19. The van der Waals surface area contributed by atoms with Crippen LogP contribution in [0.4, 0.5) is 8.78 Å². The molecule has 5 heteroatoms. The highest BCUT2D eigenvalue weighted by atomic mass is 19.3. The molecular formula is C14H21F2NO2. The second-order valence-corrected chi connectivity index (χ2v) is 4.50. The fourth-order valence-electron chi connectivity index (χ4n) is 2.00. The van der Waals surface area contributed by atoms with Gasteiger partial charge in [0.25, 0.3) is 5.92 Å². The first-order valence-corrected chi connectivity index (χ1v) is 6.27. The van der Waals surface area contributed by atoms with E-state index in [1.165, 1.54) is 20.3 Å². The first kappa shape index (κ1) is 15.7. The Labute approximate surface area is 112 Å². The van der Waals surface area contributed by atoms with Crippen LogP contribution in [0.1, 0.15) is 30.9 Å². The van der Waals surface area contributed by atoms with E-state index in [0.29, 0.717) is 30.0 Å². The Bertz CT molecular complexity index is 417. The van der Waals surface area contributed by atoms with E-state index in [1.807, 2.05) is 0 Å². The second-order valence-electron chi connectivity index (χ2n) is 4.50. The van der Waals surface area contributed by atoms with Crippen LogP contribution in [-0.2, 0) is 12.3 Å². The Hall–Kier alpha value is -1.36. The topological polar surface area (TPSA) is 44.5 Å². The van der Waals surface area contributed by atoms with E-state index in [4.69, 9.17) is 15.2 Å². The Balaban J connectivity index is 3.16. The van der Waals surface area contributed by atoms with Gasteiger partial charge >= 0.3 is 0 Å². The number of benzene rings is 1. The Morgan fingerprint density at radius 2 is 1.68 bits per heavy atom. The van der Waals surface area contributed by atoms with Crippen LogP contribution in [0.3, 0.4) is 0 Å². The van der Waals surface area contributed by atoms with Crippen LogP contribution in [0.15, 0.2) is 12.1 Å². The summed E-state index contributed by atoms with van der Waals surface area (Å²) in [5, 5.41) is 0. The smallest absolute Gasteiger partial charge is 0.270 e. The molecule has 0 bridgehead atoms. The monoisotopic (exact) mass is 273 g/mol. The van der Waals surface area contributed by atoms with Gasteiger partial charge in [0.2, 0.25) is 0 Å². The molecule has 0 aliphatic heterocycles. The van der Waals surface area contributed by atoms with Gasteiger partial charge < -0.3 is 15.2 Å². The molecule has 0 radical (unpaired) electrons. The Morgan fingerprint density at radius 1 is 1.11 bits per heavy atom. The summed E-state index contributed by atoms with van der Waals surface area (Å²) in [5.41, 5.74) is 6.00. The van der Waals surface area contributed by atoms with Crippen LogP contribution in [0, 0.1) is 0 Å². The average molecular weight is 273 g/mol. The molecule has 0 aliphatic carbocycles. The first-order chi connectivity index (χ1) is 8.93. The van der Waals surface area contributed by atoms with Gasteiger partial charge in [0.1, 0.15) is 0 Å². The zero-order valence-corrected chi connectivity index (χ0v) is 11.6. The van der Waals surface area contributed by atoms with E-state index in [9.17, 15) is 8.78 Å². The predicted molar refractivity (Wildman–Crippen MR) is 71.1 cm³/mol. The first-order valence-electron chi connectivity index (χ1n) is 6.27. The summed E-state index contributed by atoms with van der Waals surface area (Å²) in [6.45, 7) is 1.45. The number of hydrogen-bond donors (Lipinski definition) is 1. The van der Waals surface area contributed by atoms with Crippen molar-refractivity contribution >= 4 is 0 Å². The molecule has 1 aromatic carbocycles. The molecule has 0 aromatic heterocycles. The third-order valence-corrected chi connectivity index (χ3v) is 2.98. The molecule has 0 heterocycles. The van der Waals surface area contributed by atoms with Crippen molar-refractivity contribution in [3.05, 3.63) is 23.3 Å². The summed E-state index contributed by atoms with van der Waals surface area (Å²) in [4.78, 5) is 0. The van der Waals surface area contributed by atoms with E-state index in [0.717, 1.165) is 19.8 Å². The number of halogens is 2. The van der Waals surface area contributed by atoms with Crippen molar-refractivity contribution in [2.75, 3.05) is 20.8 Å². The lowest BCUT2D eigenvalue weighted by molar-refractivity contribution is 0.0162. The molecule has 0 unspecified atom stereocenters. The summed E-state index contributed by atoms with van der Waals surface area (Å²) in [6, 6.07) is 2.98. The molecule has 0 spiro atoms. The van der Waals surface area contributed by atoms with Crippen LogP contribution in [0.5, 0.6) is 11.5 Å². The normalized spacial score (nSPS) is 11.5. The maximum absolute atomic E-state index is 13.7. The van der Waals surface area contributed by atoms with Gasteiger partial charge in [-0.2, -0.15) is 0 Å². The highest BCUT2D eigenvalue weighted by Gasteiger charge is 2.29. The summed E-state index contributed by atoms with van der Waals surface area (Å²) in [5.74, 6) is -2.11. The molecule has 0 saturated carbocycles. The van der Waals surface area contributed by atoms with Crippen molar-refractivity contribution in [2.45, 2.75) is 32.1 Å². The molecule has 0 saturated heterocycles. The van der Waals surface area contributed by atoms with E-state index in [1.54, 1.807) is 6.07 Å². The zero-order valence-electron chi connectivity index (χ0n) is 11.6. The minimum Gasteiger partial charge on any atom is -0.493 e. The van der Waals surface area contributed by atoms with Crippen molar-refractivity contribution < 1.29 is 18.3 Å². The fourth-order valence-corrected chi connectivity index (χ4v) is 2.00. The van der Waals surface area contributed by atoms with Gasteiger partial charge in [-0.25, -0.2) is 8.78 Å². The minimum absolute atomic E-state index is 0.0119. The van der Waals surface area contributed by atoms with E-state index >= 15 is 0 Å². The molecule has 1 aromatic rings. The lowest BCUT2D eigenvalue weighted by Crippen LogP contribution is -2.12. The maximum atomic E-state index is 13.7. The standard InChI is InChI=1S/C14H21F2NO2/c1-14(15,16)11-9-13(19-3)12(18-2)8-10(11)6-4-5-7-17/h8-9H,4-7,17H2,1-3H3. The quantitative estimate of drug-likeness (QED) is 0.776. The highest BCUT2D eigenvalue weighted by molar-refractivity contribution is 5.48. The predicted octanol–water partition coefficient (Wildman–Crippen LogP) is 3.10. The van der Waals surface area contributed by atoms with Crippen LogP contribution in [-0.4, -0.2) is 20.8 Å². The largest absolute Gasteiger partial charge is 0.493 e. The summed E-state index contributed by atoms with van der Waals surface area (Å²) in [7, 11) is 2.93. The Kier molecular flexibility index (Phi) is 5.54. The molecule has 0 fully saturated rings. The molecule has 19 heavy (non-hydrogen) atoms. The number of nitrogens with two attached hydrogens (primary N) is 1. The van der Waals surface area contributed by atoms with Crippen molar-refractivity contribution in [3.63, 3.8) is 0 Å². The summed E-state index contributed by atoms with van der Waals surface area (Å²) < 4.78 is 37.5. The van der Waals surface area contributed by atoms with Crippen molar-refractivity contribution in [1.82, 2.24) is 0 Å². The lowest BCUT2D eigenvalue weighted by atomic mass is 9.97. The van der Waals surface area contributed by atoms with Crippen molar-refractivity contribution in [3.8, 4) is 11.5 Å². The van der Waals surface area contributed by atoms with Gasteiger partial charge in [-0.05, 0) is 43.5 Å². The number of rotatable bonds is 7. The number of alkyl halides is 2. The van der Waals surface area contributed by atoms with Gasteiger partial charge in [-0.1, -0.05) is 0 Å². The second kappa shape index (κ2) is 6.70. The highest BCUT2D eigenvalue weighted by Crippen LogP contribution is 2.38. The number of unbranched alkanes of at least 4 members (excludes halogenated alkanes) is 1. The number of methoxy groups -OCH3 is 2. The van der Waals surface area contributed by atoms with Gasteiger partial charge in [-0.15, -0.1) is 0 Å². The van der Waals surface area contributed by atoms with Gasteiger partial charge in [-0.3, -0.25) is 0 Å². The van der Waals surface area contributed by atoms with E-state index in [-0.39, 0.29) is 5.56 Å². The minimum atomic E-state index is -2.91. The fraction of sp³-hybridized carbons (Fsp3) is 0.571. The molecule has 2 N–H and O–H groups in total. The third kappa shape index (κ3) is 4.06. The SMILES string of the molecule is COc1cc(CCCCN)c(C(C)(F)F)cc1OC. The number of aryl methyl sites for hydroxylation is 1. The molecule has 0 atom stereocenters. The van der Waals surface area contributed by atoms with E-state index in [2.05, 4.69) is 0 Å². The van der Waals surface area contributed by atoms with Gasteiger partial charge in [0, 0.05) is 12.5 Å². The Morgan fingerprint density at radius 3 is 2.16 bits per heavy atom. The average Bonchev–Trinajstić information content (AvgIpc) is 2.37. The van der Waals surface area contributed by atoms with Crippen molar-refractivity contribution in [1.29, 1.82) is 0 Å². The van der Waals surface area contributed by atoms with Gasteiger partial charge in [0.05, 0.1) is 14.2 Å². The molecular weight excluding hydrogens is 252 g/mol. The molecule has 3 nitrogen and oxygen atoms in total. The molecule has 0 aliphatic rings.